The SMILES string of the molecule is O=[N+]([O-])c1ccc(N=Nc2ccc3c(Cl)ccc(Cl)c3c2[O-])c([O-])c1.O=[N+]([O-])c1ccc(N=Nc2ccc3c(Cl)ccc(Cl)c3c2[O-])c([O-])c1.[Co+3].[H+]. The third-order valence-corrected chi connectivity index (χ3v) is 8.15. The van der Waals surface area contributed by atoms with Crippen LogP contribution in [0.15, 0.2) is 105 Å². The molecule has 0 aliphatic carbocycles. The summed E-state index contributed by atoms with van der Waals surface area (Å²) < 4.78 is 0. The molecule has 0 saturated carbocycles. The van der Waals surface area contributed by atoms with Crippen LogP contribution in [0.2, 0.25) is 20.1 Å². The Morgan fingerprint density at radius 3 is 1.12 bits per heavy atom. The normalized spacial score (nSPS) is 11.1. The number of azo groups is 2. The van der Waals surface area contributed by atoms with E-state index >= 15 is 0 Å². The third-order valence-electron chi connectivity index (χ3n) is 6.86. The van der Waals surface area contributed by atoms with Gasteiger partial charge in [-0.05, 0) is 59.3 Å². The number of nitro groups is 2. The number of hydrogen-bond donors (Lipinski definition) is 0. The Kier molecular flexibility index (Phi) is 12.2. The maximum absolute atomic E-state index is 12.5. The van der Waals surface area contributed by atoms with Crippen molar-refractivity contribution in [3.05, 3.63) is 125 Å². The van der Waals surface area contributed by atoms with Crippen LogP contribution in [-0.4, -0.2) is 9.85 Å². The molecule has 19 heteroatoms. The van der Waals surface area contributed by atoms with Crippen LogP contribution >= 0.6 is 46.4 Å². The van der Waals surface area contributed by atoms with Gasteiger partial charge in [0.2, 0.25) is 0 Å². The molecule has 0 saturated heterocycles. The van der Waals surface area contributed by atoms with Crippen LogP contribution in [0.25, 0.3) is 21.5 Å². The van der Waals surface area contributed by atoms with Gasteiger partial charge in [-0.3, -0.25) is 20.2 Å². The average Bonchev–Trinajstić information content (AvgIpc) is 3.08. The van der Waals surface area contributed by atoms with Gasteiger partial charge in [-0.1, -0.05) is 81.5 Å². The van der Waals surface area contributed by atoms with Gasteiger partial charge >= 0.3 is 18.2 Å². The van der Waals surface area contributed by atoms with E-state index in [1.165, 1.54) is 36.4 Å². The maximum atomic E-state index is 12.5. The predicted octanol–water partition coefficient (Wildman–Crippen LogP) is 9.34. The molecule has 0 aliphatic rings. The molecule has 0 amide bonds. The first kappa shape index (κ1) is 38.5. The van der Waals surface area contributed by atoms with E-state index in [9.17, 15) is 40.7 Å². The van der Waals surface area contributed by atoms with Gasteiger partial charge in [0.1, 0.15) is 0 Å². The van der Waals surface area contributed by atoms with Crippen LogP contribution in [0.1, 0.15) is 1.43 Å². The quantitative estimate of drug-likeness (QED) is 0.0891. The summed E-state index contributed by atoms with van der Waals surface area (Å²) in [7, 11) is 0. The van der Waals surface area contributed by atoms with Gasteiger partial charge in [0.05, 0.1) is 32.6 Å². The molecule has 0 bridgehead atoms. The van der Waals surface area contributed by atoms with E-state index in [-0.39, 0.29) is 73.1 Å². The van der Waals surface area contributed by atoms with Crippen molar-refractivity contribution in [1.82, 2.24) is 0 Å². The zero-order valence-electron chi connectivity index (χ0n) is 25.9. The molecule has 0 aliphatic heterocycles. The van der Waals surface area contributed by atoms with Crippen LogP contribution in [-0.2, 0) is 16.8 Å². The van der Waals surface area contributed by atoms with E-state index in [0.717, 1.165) is 24.3 Å². The zero-order chi connectivity index (χ0) is 36.3. The smallest absolute Gasteiger partial charge is 0.871 e. The minimum atomic E-state index is -0.687. The standard InChI is InChI=1S/2C16H9Cl2N3O4.Co/c2*17-10-3-4-11(18)15-9(10)2-6-13(16(15)23)20-19-12-5-1-8(21(24)25)7-14(12)22;/h2*1-7,22-23H;/q;;+3/p-3. The molecule has 0 atom stereocenters. The Hall–Kier alpha value is -5.29. The number of benzene rings is 6. The molecule has 258 valence electrons. The molecule has 6 rings (SSSR count). The summed E-state index contributed by atoms with van der Waals surface area (Å²) in [5.41, 5.74) is -1.00. The Bertz CT molecular complexity index is 2260. The molecule has 6 aromatic rings. The van der Waals surface area contributed by atoms with Gasteiger partial charge in [-0.15, -0.1) is 0 Å². The minimum Gasteiger partial charge on any atom is -0.871 e. The van der Waals surface area contributed by atoms with Crippen LogP contribution in [0.5, 0.6) is 23.0 Å². The molecule has 0 aromatic heterocycles. The molecule has 0 heterocycles. The Morgan fingerprint density at radius 2 is 0.784 bits per heavy atom. The largest absolute Gasteiger partial charge is 3.00 e. The van der Waals surface area contributed by atoms with Crippen LogP contribution in [0, 0.1) is 20.2 Å². The van der Waals surface area contributed by atoms with Crippen molar-refractivity contribution in [2.45, 2.75) is 0 Å². The number of halogens is 4. The van der Waals surface area contributed by atoms with Gasteiger partial charge in [0.15, 0.2) is 0 Å². The second kappa shape index (κ2) is 16.2. The molecule has 0 unspecified atom stereocenters. The molecule has 0 radical (unpaired) electrons. The molecule has 0 fully saturated rings. The van der Waals surface area contributed by atoms with Crippen LogP contribution in [0.3, 0.4) is 0 Å². The number of rotatable bonds is 6. The summed E-state index contributed by atoms with van der Waals surface area (Å²) in [4.78, 5) is 19.9. The monoisotopic (exact) mass is 810 g/mol. The van der Waals surface area contributed by atoms with Crippen molar-refractivity contribution in [2.75, 3.05) is 0 Å². The molecule has 14 nitrogen and oxygen atoms in total. The van der Waals surface area contributed by atoms with Gasteiger partial charge in [0.25, 0.3) is 11.4 Å². The van der Waals surface area contributed by atoms with Crippen molar-refractivity contribution in [3.8, 4) is 23.0 Å². The number of nitro benzene ring substituents is 2. The summed E-state index contributed by atoms with van der Waals surface area (Å²) in [6.45, 7) is 0. The van der Waals surface area contributed by atoms with E-state index in [2.05, 4.69) is 20.5 Å². The van der Waals surface area contributed by atoms with Crippen LogP contribution < -0.4 is 20.4 Å². The molecule has 0 N–H and O–H groups in total. The fraction of sp³-hybridized carbons (Fsp3) is 0. The number of non-ortho nitro benzene ring substituents is 2. The number of hydrogen-bond acceptors (Lipinski definition) is 12. The Morgan fingerprint density at radius 1 is 0.471 bits per heavy atom. The van der Waals surface area contributed by atoms with Gasteiger partial charge < -0.3 is 20.4 Å². The first-order valence-electron chi connectivity index (χ1n) is 13.7. The van der Waals surface area contributed by atoms with E-state index < -0.39 is 32.8 Å². The third kappa shape index (κ3) is 8.37. The second-order valence-electron chi connectivity index (χ2n) is 9.95. The molecular formula is C32H15Cl4CoN6O8. The van der Waals surface area contributed by atoms with Crippen molar-refractivity contribution in [2.24, 2.45) is 20.5 Å². The van der Waals surface area contributed by atoms with E-state index in [0.29, 0.717) is 20.8 Å². The van der Waals surface area contributed by atoms with Gasteiger partial charge in [-0.2, -0.15) is 20.5 Å². The zero-order valence-corrected chi connectivity index (χ0v) is 28.9. The Balaban J connectivity index is 0.000000270. The molecule has 6 aromatic carbocycles. The fourth-order valence-corrected chi connectivity index (χ4v) is 5.37. The Labute approximate surface area is 317 Å². The second-order valence-corrected chi connectivity index (χ2v) is 11.6. The number of nitrogens with zero attached hydrogens (tertiary/aromatic N) is 6. The van der Waals surface area contributed by atoms with E-state index in [1.54, 1.807) is 24.3 Å². The summed E-state index contributed by atoms with van der Waals surface area (Å²) in [5.74, 6) is -2.31. The van der Waals surface area contributed by atoms with Gasteiger partial charge in [0, 0.05) is 55.1 Å². The van der Waals surface area contributed by atoms with E-state index in [1.807, 2.05) is 0 Å². The van der Waals surface area contributed by atoms with E-state index in [4.69, 9.17) is 46.4 Å². The fourth-order valence-electron chi connectivity index (χ4n) is 4.43. The summed E-state index contributed by atoms with van der Waals surface area (Å²) in [5, 5.41) is 87.3. The first-order chi connectivity index (χ1) is 23.8. The van der Waals surface area contributed by atoms with Crippen molar-refractivity contribution in [3.63, 3.8) is 0 Å². The topological polar surface area (TPSA) is 228 Å². The molecule has 0 spiro atoms. The maximum Gasteiger partial charge on any atom is 3.00 e. The van der Waals surface area contributed by atoms with Crippen molar-refractivity contribution < 1.29 is 48.5 Å². The first-order valence-corrected chi connectivity index (χ1v) is 15.2. The summed E-state index contributed by atoms with van der Waals surface area (Å²) in [6.07, 6.45) is 0. The van der Waals surface area contributed by atoms with Crippen LogP contribution in [0.4, 0.5) is 34.1 Å². The van der Waals surface area contributed by atoms with Crippen molar-refractivity contribution in [1.29, 1.82) is 0 Å². The minimum absolute atomic E-state index is 0. The summed E-state index contributed by atoms with van der Waals surface area (Å²) in [6, 6.07) is 18.4. The van der Waals surface area contributed by atoms with Gasteiger partial charge in [-0.25, -0.2) is 0 Å². The number of fused-ring (bicyclic) bond motifs is 2. The average molecular weight is 812 g/mol. The summed E-state index contributed by atoms with van der Waals surface area (Å²) >= 11 is 24.2. The molecular weight excluding hydrogens is 797 g/mol. The van der Waals surface area contributed by atoms with Crippen molar-refractivity contribution >= 4 is 102 Å². The predicted molar refractivity (Wildman–Crippen MR) is 181 cm³/mol. The molecule has 51 heavy (non-hydrogen) atoms.